The topological polar surface area (TPSA) is 58.4 Å². The maximum absolute atomic E-state index is 11.8. The molecule has 4 nitrogen and oxygen atoms in total. The molecule has 0 bridgehead atoms. The van der Waals surface area contributed by atoms with E-state index in [9.17, 15) is 4.79 Å². The molecule has 1 amide bonds. The highest BCUT2D eigenvalue weighted by molar-refractivity contribution is 5.85. The molecule has 1 heterocycles. The molecule has 1 aliphatic heterocycles. The maximum Gasteiger partial charge on any atom is 0.237 e. The molecular formula is C16H29N3O. The molecule has 0 spiro atoms. The van der Waals surface area contributed by atoms with Crippen LogP contribution in [0.5, 0.6) is 0 Å². The lowest BCUT2D eigenvalue weighted by atomic mass is 9.75. The van der Waals surface area contributed by atoms with E-state index >= 15 is 0 Å². The predicted octanol–water partition coefficient (Wildman–Crippen LogP) is 1.49. The van der Waals surface area contributed by atoms with Crippen LogP contribution in [0.15, 0.2) is 0 Å². The summed E-state index contributed by atoms with van der Waals surface area (Å²) in [5.74, 6) is 1.72. The molecule has 3 rings (SSSR count). The number of primary amides is 1. The van der Waals surface area contributed by atoms with Crippen LogP contribution in [-0.2, 0) is 4.79 Å². The quantitative estimate of drug-likeness (QED) is 0.823. The summed E-state index contributed by atoms with van der Waals surface area (Å²) in [7, 11) is 1.88. The zero-order chi connectivity index (χ0) is 14.2. The molecule has 3 N–H and O–H groups in total. The Morgan fingerprint density at radius 3 is 2.60 bits per heavy atom. The maximum atomic E-state index is 11.8. The number of nitrogens with one attached hydrogen (secondary N) is 1. The highest BCUT2D eigenvalue weighted by Gasteiger charge is 2.45. The molecule has 3 aliphatic rings. The number of fused-ring (bicyclic) bond motifs is 1. The molecule has 2 aliphatic carbocycles. The van der Waals surface area contributed by atoms with Gasteiger partial charge in [-0.3, -0.25) is 4.79 Å². The average Bonchev–Trinajstić information content (AvgIpc) is 2.92. The van der Waals surface area contributed by atoms with Crippen molar-refractivity contribution in [2.45, 2.75) is 62.9 Å². The van der Waals surface area contributed by atoms with E-state index in [-0.39, 0.29) is 5.91 Å². The Bertz CT molecular complexity index is 373. The molecule has 0 aromatic rings. The lowest BCUT2D eigenvalue weighted by molar-refractivity contribution is -0.124. The summed E-state index contributed by atoms with van der Waals surface area (Å²) in [6, 6.07) is 0.554. The van der Waals surface area contributed by atoms with Gasteiger partial charge in [-0.25, -0.2) is 0 Å². The van der Waals surface area contributed by atoms with Gasteiger partial charge < -0.3 is 16.0 Å². The van der Waals surface area contributed by atoms with Gasteiger partial charge in [0.25, 0.3) is 0 Å². The third-order valence-electron chi connectivity index (χ3n) is 6.28. The predicted molar refractivity (Wildman–Crippen MR) is 80.3 cm³/mol. The first kappa shape index (κ1) is 14.3. The third-order valence-corrected chi connectivity index (χ3v) is 6.28. The van der Waals surface area contributed by atoms with Crippen LogP contribution in [0.25, 0.3) is 0 Å². The number of rotatable bonds is 3. The normalized spacial score (nSPS) is 42.4. The Morgan fingerprint density at radius 2 is 1.95 bits per heavy atom. The number of carbonyl (C=O) groups is 1. The van der Waals surface area contributed by atoms with Gasteiger partial charge in [-0.05, 0) is 57.5 Å². The Balaban J connectivity index is 1.62. The highest BCUT2D eigenvalue weighted by atomic mass is 16.1. The molecule has 2 saturated carbocycles. The minimum absolute atomic E-state index is 0.171. The molecule has 20 heavy (non-hydrogen) atoms. The van der Waals surface area contributed by atoms with Crippen molar-refractivity contribution in [3.8, 4) is 0 Å². The van der Waals surface area contributed by atoms with Crippen molar-refractivity contribution in [3.63, 3.8) is 0 Å². The van der Waals surface area contributed by atoms with Gasteiger partial charge in [-0.2, -0.15) is 0 Å². The van der Waals surface area contributed by atoms with Crippen LogP contribution in [-0.4, -0.2) is 42.5 Å². The van der Waals surface area contributed by atoms with Crippen LogP contribution in [0.4, 0.5) is 0 Å². The summed E-state index contributed by atoms with van der Waals surface area (Å²) >= 11 is 0. The Morgan fingerprint density at radius 1 is 1.20 bits per heavy atom. The van der Waals surface area contributed by atoms with Crippen LogP contribution < -0.4 is 11.1 Å². The highest BCUT2D eigenvalue weighted by Crippen LogP contribution is 2.40. The Labute approximate surface area is 122 Å². The van der Waals surface area contributed by atoms with Gasteiger partial charge in [0.1, 0.15) is 0 Å². The van der Waals surface area contributed by atoms with Crippen LogP contribution in [0.2, 0.25) is 0 Å². The number of nitrogens with two attached hydrogens (primary N) is 1. The van der Waals surface area contributed by atoms with E-state index in [1.165, 1.54) is 45.2 Å². The molecule has 4 heteroatoms. The molecule has 3 fully saturated rings. The first-order valence-electron chi connectivity index (χ1n) is 8.37. The summed E-state index contributed by atoms with van der Waals surface area (Å²) in [6.45, 7) is 2.48. The number of piperidine rings is 1. The number of hydrogen-bond acceptors (Lipinski definition) is 3. The monoisotopic (exact) mass is 279 g/mol. The molecule has 4 atom stereocenters. The minimum atomic E-state index is -0.450. The molecule has 0 aromatic heterocycles. The SMILES string of the molecule is CNC1(C(N)=O)CCC(N2CCC3CCCCC3C2)C1. The zero-order valence-corrected chi connectivity index (χ0v) is 12.7. The first-order valence-corrected chi connectivity index (χ1v) is 8.37. The van der Waals surface area contributed by atoms with Crippen molar-refractivity contribution in [1.29, 1.82) is 0 Å². The number of nitrogens with zero attached hydrogens (tertiary/aromatic N) is 1. The molecule has 0 aromatic carbocycles. The Kier molecular flexibility index (Phi) is 4.04. The van der Waals surface area contributed by atoms with Crippen molar-refractivity contribution in [2.75, 3.05) is 20.1 Å². The standard InChI is InChI=1S/C16H29N3O/c1-18-16(15(17)20)8-6-14(10-16)19-9-7-12-4-2-3-5-13(12)11-19/h12-14,18H,2-11H2,1H3,(H2,17,20). The molecular weight excluding hydrogens is 250 g/mol. The summed E-state index contributed by atoms with van der Waals surface area (Å²) in [5.41, 5.74) is 5.17. The van der Waals surface area contributed by atoms with Crippen LogP contribution in [0, 0.1) is 11.8 Å². The summed E-state index contributed by atoms with van der Waals surface area (Å²) in [4.78, 5) is 14.4. The fourth-order valence-electron chi connectivity index (χ4n) is 4.87. The van der Waals surface area contributed by atoms with Gasteiger partial charge >= 0.3 is 0 Å². The second-order valence-corrected chi connectivity index (χ2v) is 7.18. The van der Waals surface area contributed by atoms with Gasteiger partial charge in [0, 0.05) is 12.6 Å². The fraction of sp³-hybridized carbons (Fsp3) is 0.938. The Hall–Kier alpha value is -0.610. The van der Waals surface area contributed by atoms with Gasteiger partial charge in [0.2, 0.25) is 5.91 Å². The molecule has 0 radical (unpaired) electrons. The number of hydrogen-bond donors (Lipinski definition) is 2. The lowest BCUT2D eigenvalue weighted by Crippen LogP contribution is -2.54. The van der Waals surface area contributed by atoms with Gasteiger partial charge in [-0.15, -0.1) is 0 Å². The molecule has 4 unspecified atom stereocenters. The molecule has 1 saturated heterocycles. The smallest absolute Gasteiger partial charge is 0.237 e. The van der Waals surface area contributed by atoms with Crippen molar-refractivity contribution < 1.29 is 4.79 Å². The van der Waals surface area contributed by atoms with E-state index in [4.69, 9.17) is 5.73 Å². The third kappa shape index (κ3) is 2.48. The number of likely N-dealkylation sites (N-methyl/N-ethyl adjacent to an activating group) is 1. The number of carbonyl (C=O) groups excluding carboxylic acids is 1. The molecule has 114 valence electrons. The van der Waals surface area contributed by atoms with E-state index in [0.29, 0.717) is 6.04 Å². The average molecular weight is 279 g/mol. The second-order valence-electron chi connectivity index (χ2n) is 7.18. The number of likely N-dealkylation sites (tertiary alicyclic amines) is 1. The summed E-state index contributed by atoms with van der Waals surface area (Å²) in [5, 5.41) is 3.20. The van der Waals surface area contributed by atoms with Crippen molar-refractivity contribution in [2.24, 2.45) is 17.6 Å². The van der Waals surface area contributed by atoms with E-state index in [2.05, 4.69) is 10.2 Å². The largest absolute Gasteiger partial charge is 0.368 e. The fourth-order valence-corrected chi connectivity index (χ4v) is 4.87. The van der Waals surface area contributed by atoms with Gasteiger partial charge in [-0.1, -0.05) is 19.3 Å². The van der Waals surface area contributed by atoms with Crippen molar-refractivity contribution in [3.05, 3.63) is 0 Å². The lowest BCUT2D eigenvalue weighted by Gasteiger charge is -2.44. The minimum Gasteiger partial charge on any atom is -0.368 e. The van der Waals surface area contributed by atoms with Gasteiger partial charge in [0.15, 0.2) is 0 Å². The van der Waals surface area contributed by atoms with Crippen LogP contribution in [0.3, 0.4) is 0 Å². The number of amides is 1. The van der Waals surface area contributed by atoms with Crippen molar-refractivity contribution in [1.82, 2.24) is 10.2 Å². The van der Waals surface area contributed by atoms with E-state index in [0.717, 1.165) is 31.1 Å². The van der Waals surface area contributed by atoms with Crippen molar-refractivity contribution >= 4 is 5.91 Å². The van der Waals surface area contributed by atoms with Crippen LogP contribution in [0.1, 0.15) is 51.4 Å². The first-order chi connectivity index (χ1) is 9.64. The van der Waals surface area contributed by atoms with Crippen LogP contribution >= 0.6 is 0 Å². The zero-order valence-electron chi connectivity index (χ0n) is 12.7. The van der Waals surface area contributed by atoms with E-state index < -0.39 is 5.54 Å². The second kappa shape index (κ2) is 5.64. The van der Waals surface area contributed by atoms with E-state index in [1.807, 2.05) is 7.05 Å². The summed E-state index contributed by atoms with van der Waals surface area (Å²) < 4.78 is 0. The summed E-state index contributed by atoms with van der Waals surface area (Å²) in [6.07, 6.45) is 10.00. The van der Waals surface area contributed by atoms with E-state index in [1.54, 1.807) is 0 Å². The van der Waals surface area contributed by atoms with Gasteiger partial charge in [0.05, 0.1) is 5.54 Å².